The highest BCUT2D eigenvalue weighted by Gasteiger charge is 2.30. The van der Waals surface area contributed by atoms with Gasteiger partial charge in [0, 0.05) is 10.6 Å². The van der Waals surface area contributed by atoms with E-state index in [4.69, 9.17) is 0 Å². The van der Waals surface area contributed by atoms with E-state index in [0.717, 1.165) is 43.5 Å². The van der Waals surface area contributed by atoms with Crippen LogP contribution in [0.3, 0.4) is 0 Å². The topological polar surface area (TPSA) is 54.0 Å². The Labute approximate surface area is 147 Å². The van der Waals surface area contributed by atoms with Crippen LogP contribution in [0, 0.1) is 0 Å². The number of rotatable bonds is 2. The van der Waals surface area contributed by atoms with Crippen molar-refractivity contribution in [1.82, 2.24) is 4.98 Å². The lowest BCUT2D eigenvalue weighted by Crippen LogP contribution is -2.19. The number of carbonyl (C=O) groups is 1. The maximum atomic E-state index is 12.7. The zero-order chi connectivity index (χ0) is 17.9. The van der Waals surface area contributed by atoms with E-state index in [2.05, 4.69) is 15.6 Å². The molecule has 0 aliphatic heterocycles. The van der Waals surface area contributed by atoms with Gasteiger partial charge in [-0.3, -0.25) is 5.32 Å². The van der Waals surface area contributed by atoms with Crippen molar-refractivity contribution in [3.05, 3.63) is 40.4 Å². The first-order valence-corrected chi connectivity index (χ1v) is 8.97. The number of anilines is 2. The van der Waals surface area contributed by atoms with Crippen molar-refractivity contribution in [2.45, 2.75) is 44.7 Å². The van der Waals surface area contributed by atoms with Gasteiger partial charge in [0.15, 0.2) is 5.13 Å². The lowest BCUT2D eigenvalue weighted by Gasteiger charge is -2.09. The fourth-order valence-electron chi connectivity index (χ4n) is 2.79. The second-order valence-electron chi connectivity index (χ2n) is 5.96. The average molecular weight is 369 g/mol. The summed E-state index contributed by atoms with van der Waals surface area (Å²) in [6.45, 7) is 0. The summed E-state index contributed by atoms with van der Waals surface area (Å²) >= 11 is 1.44. The molecule has 0 radical (unpaired) electrons. The van der Waals surface area contributed by atoms with E-state index in [1.807, 2.05) is 0 Å². The summed E-state index contributed by atoms with van der Waals surface area (Å²) < 4.78 is 38.1. The Hall–Kier alpha value is -2.09. The first-order chi connectivity index (χ1) is 11.9. The number of aryl methyl sites for hydroxylation is 2. The van der Waals surface area contributed by atoms with Crippen LogP contribution in [0.25, 0.3) is 0 Å². The van der Waals surface area contributed by atoms with E-state index < -0.39 is 17.8 Å². The first kappa shape index (κ1) is 17.7. The van der Waals surface area contributed by atoms with Gasteiger partial charge in [0.25, 0.3) is 0 Å². The predicted molar refractivity (Wildman–Crippen MR) is 92.1 cm³/mol. The molecule has 0 bridgehead atoms. The molecule has 0 saturated heterocycles. The Morgan fingerprint density at radius 3 is 2.60 bits per heavy atom. The molecule has 1 heterocycles. The molecule has 3 rings (SSSR count). The maximum absolute atomic E-state index is 12.7. The second-order valence-corrected chi connectivity index (χ2v) is 7.04. The van der Waals surface area contributed by atoms with Crippen molar-refractivity contribution in [3.63, 3.8) is 0 Å². The van der Waals surface area contributed by atoms with E-state index in [0.29, 0.717) is 5.13 Å². The normalized spacial score (nSPS) is 15.0. The van der Waals surface area contributed by atoms with Crippen molar-refractivity contribution in [2.75, 3.05) is 10.6 Å². The molecule has 2 N–H and O–H groups in total. The number of halogens is 3. The Morgan fingerprint density at radius 2 is 1.84 bits per heavy atom. The van der Waals surface area contributed by atoms with Gasteiger partial charge in [-0.15, -0.1) is 11.3 Å². The van der Waals surface area contributed by atoms with Crippen LogP contribution in [0.4, 0.5) is 28.8 Å². The maximum Gasteiger partial charge on any atom is 0.416 e. The van der Waals surface area contributed by atoms with Gasteiger partial charge in [0.05, 0.1) is 11.3 Å². The largest absolute Gasteiger partial charge is 0.416 e. The van der Waals surface area contributed by atoms with E-state index in [9.17, 15) is 18.0 Å². The summed E-state index contributed by atoms with van der Waals surface area (Å²) in [7, 11) is 0. The fourth-order valence-corrected chi connectivity index (χ4v) is 3.84. The van der Waals surface area contributed by atoms with Crippen molar-refractivity contribution in [3.8, 4) is 0 Å². The van der Waals surface area contributed by atoms with Gasteiger partial charge in [-0.25, -0.2) is 9.78 Å². The minimum atomic E-state index is -4.44. The smallest absolute Gasteiger partial charge is 0.308 e. The molecule has 8 heteroatoms. The number of nitrogens with zero attached hydrogens (tertiary/aromatic N) is 1. The molecule has 25 heavy (non-hydrogen) atoms. The Balaban J connectivity index is 1.66. The third-order valence-electron chi connectivity index (χ3n) is 4.01. The van der Waals surface area contributed by atoms with Gasteiger partial charge in [-0.2, -0.15) is 13.2 Å². The highest BCUT2D eigenvalue weighted by atomic mass is 32.1. The molecular weight excluding hydrogens is 351 g/mol. The lowest BCUT2D eigenvalue weighted by atomic mass is 10.0. The van der Waals surface area contributed by atoms with Crippen LogP contribution < -0.4 is 10.6 Å². The number of aromatic nitrogens is 1. The minimum Gasteiger partial charge on any atom is -0.308 e. The van der Waals surface area contributed by atoms with Gasteiger partial charge >= 0.3 is 12.2 Å². The van der Waals surface area contributed by atoms with Gasteiger partial charge < -0.3 is 5.32 Å². The van der Waals surface area contributed by atoms with Crippen LogP contribution in [-0.2, 0) is 19.0 Å². The number of alkyl halides is 3. The zero-order valence-corrected chi connectivity index (χ0v) is 14.3. The molecule has 134 valence electrons. The van der Waals surface area contributed by atoms with E-state index in [1.165, 1.54) is 41.2 Å². The molecule has 0 unspecified atom stereocenters. The molecule has 0 atom stereocenters. The SMILES string of the molecule is O=C(Nc1cccc(C(F)(F)F)c1)Nc1nc2c(s1)CCCCCC2. The number of thiazole rings is 1. The highest BCUT2D eigenvalue weighted by Crippen LogP contribution is 2.31. The molecule has 4 nitrogen and oxygen atoms in total. The summed E-state index contributed by atoms with van der Waals surface area (Å²) in [6.07, 6.45) is 2.02. The predicted octanol–water partition coefficient (Wildman–Crippen LogP) is 5.46. The second kappa shape index (κ2) is 7.43. The van der Waals surface area contributed by atoms with Crippen LogP contribution >= 0.6 is 11.3 Å². The van der Waals surface area contributed by atoms with Gasteiger partial charge in [-0.05, 0) is 43.9 Å². The zero-order valence-electron chi connectivity index (χ0n) is 13.4. The Bertz CT molecular complexity index is 732. The summed E-state index contributed by atoms with van der Waals surface area (Å²) in [5, 5.41) is 5.53. The highest BCUT2D eigenvalue weighted by molar-refractivity contribution is 7.15. The lowest BCUT2D eigenvalue weighted by molar-refractivity contribution is -0.137. The van der Waals surface area contributed by atoms with Crippen molar-refractivity contribution in [2.24, 2.45) is 0 Å². The first-order valence-electron chi connectivity index (χ1n) is 8.16. The molecule has 0 saturated carbocycles. The standard InChI is InChI=1S/C17H18F3N3OS/c18-17(19,20)11-6-5-7-12(10-11)21-15(24)23-16-22-13-8-3-1-2-4-9-14(13)25-16/h5-7,10H,1-4,8-9H2,(H2,21,22,23,24). The minimum absolute atomic E-state index is 0.0854. The number of benzene rings is 1. The molecule has 2 aromatic rings. The molecule has 0 fully saturated rings. The van der Waals surface area contributed by atoms with Gasteiger partial charge in [0.2, 0.25) is 0 Å². The van der Waals surface area contributed by atoms with Gasteiger partial charge in [0.1, 0.15) is 0 Å². The van der Waals surface area contributed by atoms with Crippen LogP contribution in [0.15, 0.2) is 24.3 Å². The van der Waals surface area contributed by atoms with E-state index >= 15 is 0 Å². The molecule has 1 aliphatic rings. The average Bonchev–Trinajstić information content (AvgIpc) is 2.87. The van der Waals surface area contributed by atoms with Crippen LogP contribution in [0.1, 0.15) is 41.8 Å². The van der Waals surface area contributed by atoms with Crippen molar-refractivity contribution >= 4 is 28.2 Å². The molecule has 0 spiro atoms. The number of nitrogens with one attached hydrogen (secondary N) is 2. The van der Waals surface area contributed by atoms with Gasteiger partial charge in [-0.1, -0.05) is 18.9 Å². The number of fused-ring (bicyclic) bond motifs is 1. The van der Waals surface area contributed by atoms with E-state index in [-0.39, 0.29) is 5.69 Å². The quantitative estimate of drug-likeness (QED) is 0.738. The number of amides is 2. The number of hydrogen-bond donors (Lipinski definition) is 2. The molecule has 2 amide bonds. The van der Waals surface area contributed by atoms with Crippen molar-refractivity contribution < 1.29 is 18.0 Å². The van der Waals surface area contributed by atoms with Crippen LogP contribution in [0.5, 0.6) is 0 Å². The van der Waals surface area contributed by atoms with Crippen LogP contribution in [-0.4, -0.2) is 11.0 Å². The monoisotopic (exact) mass is 369 g/mol. The van der Waals surface area contributed by atoms with E-state index in [1.54, 1.807) is 0 Å². The summed E-state index contributed by atoms with van der Waals surface area (Å²) in [6, 6.07) is 3.94. The van der Waals surface area contributed by atoms with Crippen LogP contribution in [0.2, 0.25) is 0 Å². The third kappa shape index (κ3) is 4.72. The molecule has 1 aromatic heterocycles. The molecular formula is C17H18F3N3OS. The summed E-state index contributed by atoms with van der Waals surface area (Å²) in [4.78, 5) is 17.7. The van der Waals surface area contributed by atoms with Crippen molar-refractivity contribution in [1.29, 1.82) is 0 Å². The number of urea groups is 1. The molecule has 1 aliphatic carbocycles. The fraction of sp³-hybridized carbons (Fsp3) is 0.412. The number of hydrogen-bond acceptors (Lipinski definition) is 3. The Morgan fingerprint density at radius 1 is 1.08 bits per heavy atom. The summed E-state index contributed by atoms with van der Waals surface area (Å²) in [5.74, 6) is 0. The Kier molecular flexibility index (Phi) is 5.27. The summed E-state index contributed by atoms with van der Waals surface area (Å²) in [5.41, 5.74) is 0.309. The number of carbonyl (C=O) groups excluding carboxylic acids is 1. The molecule has 1 aromatic carbocycles. The third-order valence-corrected chi connectivity index (χ3v) is 5.09.